The van der Waals surface area contributed by atoms with Gasteiger partial charge in [-0.15, -0.1) is 0 Å². The Bertz CT molecular complexity index is 941. The quantitative estimate of drug-likeness (QED) is 0.687. The summed E-state index contributed by atoms with van der Waals surface area (Å²) in [5.41, 5.74) is 2.56. The average molecular weight is 379 g/mol. The van der Waals surface area contributed by atoms with Gasteiger partial charge in [-0.1, -0.05) is 25.9 Å². The van der Waals surface area contributed by atoms with E-state index in [1.54, 1.807) is 12.4 Å². The van der Waals surface area contributed by atoms with Crippen molar-refractivity contribution in [3.05, 3.63) is 42.1 Å². The number of hydrogen-bond acceptors (Lipinski definition) is 8. The minimum atomic E-state index is -0.145. The number of anilines is 2. The average Bonchev–Trinajstić information content (AvgIpc) is 3.14. The molecule has 4 heterocycles. The van der Waals surface area contributed by atoms with Crippen LogP contribution < -0.4 is 9.80 Å². The Balaban J connectivity index is 1.57. The molecule has 3 aromatic rings. The molecule has 0 unspecified atom stereocenters. The van der Waals surface area contributed by atoms with Crippen molar-refractivity contribution in [2.75, 3.05) is 36.0 Å². The van der Waals surface area contributed by atoms with Crippen molar-refractivity contribution in [3.63, 3.8) is 0 Å². The summed E-state index contributed by atoms with van der Waals surface area (Å²) < 4.78 is 5.47. The Morgan fingerprint density at radius 3 is 2.14 bits per heavy atom. The maximum atomic E-state index is 5.47. The molecule has 0 N–H and O–H groups in total. The van der Waals surface area contributed by atoms with E-state index in [9.17, 15) is 0 Å². The molecule has 8 heteroatoms. The second-order valence-corrected chi connectivity index (χ2v) is 8.04. The van der Waals surface area contributed by atoms with Crippen LogP contribution >= 0.6 is 0 Å². The first-order valence-corrected chi connectivity index (χ1v) is 9.50. The van der Waals surface area contributed by atoms with Crippen LogP contribution in [0, 0.1) is 6.92 Å². The molecule has 0 aromatic carbocycles. The highest BCUT2D eigenvalue weighted by atomic mass is 16.5. The highest BCUT2D eigenvalue weighted by molar-refractivity contribution is 5.62. The Labute approximate surface area is 164 Å². The van der Waals surface area contributed by atoms with Gasteiger partial charge in [0.25, 0.3) is 0 Å². The predicted molar refractivity (Wildman–Crippen MR) is 107 cm³/mol. The molecule has 1 aliphatic heterocycles. The molecule has 0 aliphatic carbocycles. The van der Waals surface area contributed by atoms with Gasteiger partial charge in [-0.25, -0.2) is 19.9 Å². The van der Waals surface area contributed by atoms with Crippen molar-refractivity contribution in [1.82, 2.24) is 25.1 Å². The molecule has 1 fully saturated rings. The SMILES string of the molecule is Cc1cc(-c2cnc(N3CCN(c4ncccn4)CC3)nc2C(C)(C)C)on1. The molecule has 8 nitrogen and oxygen atoms in total. The fraction of sp³-hybridized carbons (Fsp3) is 0.450. The van der Waals surface area contributed by atoms with Crippen LogP contribution in [0.2, 0.25) is 0 Å². The van der Waals surface area contributed by atoms with Crippen LogP contribution in [0.4, 0.5) is 11.9 Å². The summed E-state index contributed by atoms with van der Waals surface area (Å²) in [7, 11) is 0. The minimum Gasteiger partial charge on any atom is -0.356 e. The van der Waals surface area contributed by atoms with E-state index < -0.39 is 0 Å². The first kappa shape index (κ1) is 18.3. The lowest BCUT2D eigenvalue weighted by Gasteiger charge is -2.35. The third-order valence-corrected chi connectivity index (χ3v) is 4.78. The highest BCUT2D eigenvalue weighted by Crippen LogP contribution is 2.32. The molecule has 0 spiro atoms. The standard InChI is InChI=1S/C20H25N7O/c1-14-12-16(28-25-14)15-13-23-19(24-17(15)20(2,3)4)27-10-8-26(9-11-27)18-21-6-5-7-22-18/h5-7,12-13H,8-11H2,1-4H3. The fourth-order valence-electron chi connectivity index (χ4n) is 3.33. The van der Waals surface area contributed by atoms with Gasteiger partial charge in [0, 0.05) is 56.3 Å². The lowest BCUT2D eigenvalue weighted by atomic mass is 9.88. The molecule has 0 radical (unpaired) electrons. The van der Waals surface area contributed by atoms with E-state index in [0.717, 1.165) is 55.0 Å². The Hall–Kier alpha value is -3.03. The predicted octanol–water partition coefficient (Wildman–Crippen LogP) is 2.85. The van der Waals surface area contributed by atoms with Gasteiger partial charge in [0.15, 0.2) is 5.76 Å². The molecule has 28 heavy (non-hydrogen) atoms. The van der Waals surface area contributed by atoms with Crippen LogP contribution in [0.5, 0.6) is 0 Å². The second kappa shape index (κ2) is 7.18. The number of piperazine rings is 1. The van der Waals surface area contributed by atoms with Crippen molar-refractivity contribution in [2.45, 2.75) is 33.1 Å². The molecular weight excluding hydrogens is 354 g/mol. The topological polar surface area (TPSA) is 84.1 Å². The van der Waals surface area contributed by atoms with E-state index in [0.29, 0.717) is 5.76 Å². The zero-order valence-corrected chi connectivity index (χ0v) is 16.8. The summed E-state index contributed by atoms with van der Waals surface area (Å²) in [6.45, 7) is 11.7. The summed E-state index contributed by atoms with van der Waals surface area (Å²) >= 11 is 0. The summed E-state index contributed by atoms with van der Waals surface area (Å²) in [4.78, 5) is 22.7. The van der Waals surface area contributed by atoms with Gasteiger partial charge >= 0.3 is 0 Å². The number of aryl methyl sites for hydroxylation is 1. The molecule has 1 saturated heterocycles. The van der Waals surface area contributed by atoms with Gasteiger partial charge in [0.2, 0.25) is 11.9 Å². The molecule has 0 amide bonds. The van der Waals surface area contributed by atoms with Crippen LogP contribution in [-0.2, 0) is 5.41 Å². The van der Waals surface area contributed by atoms with Crippen molar-refractivity contribution in [3.8, 4) is 11.3 Å². The number of aromatic nitrogens is 5. The summed E-state index contributed by atoms with van der Waals surface area (Å²) in [6.07, 6.45) is 5.41. The van der Waals surface area contributed by atoms with Crippen LogP contribution in [0.25, 0.3) is 11.3 Å². The summed E-state index contributed by atoms with van der Waals surface area (Å²) in [6, 6.07) is 3.76. The van der Waals surface area contributed by atoms with Gasteiger partial charge < -0.3 is 14.3 Å². The van der Waals surface area contributed by atoms with Gasteiger partial charge in [-0.3, -0.25) is 0 Å². The lowest BCUT2D eigenvalue weighted by Crippen LogP contribution is -2.47. The zero-order valence-electron chi connectivity index (χ0n) is 16.8. The van der Waals surface area contributed by atoms with Crippen LogP contribution in [0.3, 0.4) is 0 Å². The molecule has 4 rings (SSSR count). The maximum Gasteiger partial charge on any atom is 0.225 e. The molecule has 0 saturated carbocycles. The number of rotatable bonds is 3. The Morgan fingerprint density at radius 2 is 1.57 bits per heavy atom. The van der Waals surface area contributed by atoms with Crippen molar-refractivity contribution < 1.29 is 4.52 Å². The largest absolute Gasteiger partial charge is 0.356 e. The van der Waals surface area contributed by atoms with Crippen LogP contribution in [0.15, 0.2) is 35.2 Å². The third-order valence-electron chi connectivity index (χ3n) is 4.78. The monoisotopic (exact) mass is 379 g/mol. The molecule has 0 atom stereocenters. The number of hydrogen-bond donors (Lipinski definition) is 0. The Morgan fingerprint density at radius 1 is 0.929 bits per heavy atom. The Kier molecular flexibility index (Phi) is 4.70. The van der Waals surface area contributed by atoms with Gasteiger partial charge in [0.1, 0.15) is 0 Å². The van der Waals surface area contributed by atoms with E-state index in [1.165, 1.54) is 0 Å². The van der Waals surface area contributed by atoms with Gasteiger partial charge in [-0.2, -0.15) is 0 Å². The zero-order chi connectivity index (χ0) is 19.7. The fourth-order valence-corrected chi connectivity index (χ4v) is 3.33. The molecule has 0 bridgehead atoms. The normalized spacial score (nSPS) is 15.1. The van der Waals surface area contributed by atoms with Crippen molar-refractivity contribution >= 4 is 11.9 Å². The maximum absolute atomic E-state index is 5.47. The van der Waals surface area contributed by atoms with E-state index in [-0.39, 0.29) is 5.41 Å². The summed E-state index contributed by atoms with van der Waals surface area (Å²) in [5, 5.41) is 4.01. The van der Waals surface area contributed by atoms with Crippen molar-refractivity contribution in [2.24, 2.45) is 0 Å². The van der Waals surface area contributed by atoms with E-state index in [4.69, 9.17) is 9.51 Å². The molecular formula is C20H25N7O. The molecule has 1 aliphatic rings. The second-order valence-electron chi connectivity index (χ2n) is 8.04. The van der Waals surface area contributed by atoms with E-state index >= 15 is 0 Å². The minimum absolute atomic E-state index is 0.145. The first-order chi connectivity index (χ1) is 13.4. The van der Waals surface area contributed by atoms with Crippen LogP contribution in [-0.4, -0.2) is 51.3 Å². The van der Waals surface area contributed by atoms with Crippen molar-refractivity contribution in [1.29, 1.82) is 0 Å². The third kappa shape index (κ3) is 3.67. The highest BCUT2D eigenvalue weighted by Gasteiger charge is 2.27. The smallest absolute Gasteiger partial charge is 0.225 e. The van der Waals surface area contributed by atoms with E-state index in [2.05, 4.69) is 50.7 Å². The van der Waals surface area contributed by atoms with Gasteiger partial charge in [-0.05, 0) is 13.0 Å². The lowest BCUT2D eigenvalue weighted by molar-refractivity contribution is 0.425. The molecule has 146 valence electrons. The number of nitrogens with zero attached hydrogens (tertiary/aromatic N) is 7. The van der Waals surface area contributed by atoms with Crippen LogP contribution in [0.1, 0.15) is 32.2 Å². The van der Waals surface area contributed by atoms with Gasteiger partial charge in [0.05, 0.1) is 17.0 Å². The molecule has 3 aromatic heterocycles. The summed E-state index contributed by atoms with van der Waals surface area (Å²) in [5.74, 6) is 2.23. The van der Waals surface area contributed by atoms with E-state index in [1.807, 2.05) is 25.3 Å². The first-order valence-electron chi connectivity index (χ1n) is 9.50.